The van der Waals surface area contributed by atoms with Crippen LogP contribution in [0.25, 0.3) is 0 Å². The van der Waals surface area contributed by atoms with E-state index in [2.05, 4.69) is 32.6 Å². The summed E-state index contributed by atoms with van der Waals surface area (Å²) in [5, 5.41) is 5.79. The van der Waals surface area contributed by atoms with Crippen LogP contribution in [-0.2, 0) is 14.3 Å². The van der Waals surface area contributed by atoms with Gasteiger partial charge >= 0.3 is 0 Å². The maximum absolute atomic E-state index is 12.3. The van der Waals surface area contributed by atoms with Gasteiger partial charge in [0.1, 0.15) is 0 Å². The van der Waals surface area contributed by atoms with E-state index in [4.69, 9.17) is 16.2 Å². The topological polar surface area (TPSA) is 126 Å². The molecule has 0 radical (unpaired) electrons. The lowest BCUT2D eigenvalue weighted by Crippen LogP contribution is -2.42. The number of hydrogen-bond acceptors (Lipinski definition) is 8. The van der Waals surface area contributed by atoms with Crippen molar-refractivity contribution in [1.29, 1.82) is 0 Å². The second-order valence-electron chi connectivity index (χ2n) is 10.6. The fraction of sp³-hybridized carbons (Fsp3) is 0.643. The van der Waals surface area contributed by atoms with Crippen molar-refractivity contribution in [3.05, 3.63) is 41.7 Å². The minimum atomic E-state index is -0.223. The van der Waals surface area contributed by atoms with Crippen molar-refractivity contribution in [3.8, 4) is 0 Å². The number of carbonyl (C=O) groups excluding carboxylic acids is 2. The van der Waals surface area contributed by atoms with Gasteiger partial charge in [-0.1, -0.05) is 12.1 Å². The lowest BCUT2D eigenvalue weighted by atomic mass is 9.78. The summed E-state index contributed by atoms with van der Waals surface area (Å²) < 4.78 is 5.33. The van der Waals surface area contributed by atoms with Gasteiger partial charge in [-0.15, -0.1) is 0 Å². The van der Waals surface area contributed by atoms with E-state index in [1.807, 2.05) is 18.3 Å². The number of piperidine rings is 3. The van der Waals surface area contributed by atoms with Crippen LogP contribution >= 0.6 is 0 Å². The Balaban J connectivity index is 1.16. The zero-order valence-electron chi connectivity index (χ0n) is 22.0. The van der Waals surface area contributed by atoms with Crippen LogP contribution in [0.3, 0.4) is 0 Å². The molecule has 9 heteroatoms. The molecule has 3 heterocycles. The number of benzene rings is 1. The van der Waals surface area contributed by atoms with Crippen LogP contribution in [0.4, 0.5) is 5.69 Å². The van der Waals surface area contributed by atoms with Crippen molar-refractivity contribution in [2.45, 2.75) is 44.4 Å². The molecule has 204 valence electrons. The van der Waals surface area contributed by atoms with E-state index in [0.717, 1.165) is 43.6 Å². The molecule has 0 bridgehead atoms. The maximum Gasteiger partial charge on any atom is 0.234 e. The highest BCUT2D eigenvalue weighted by atomic mass is 16.5. The minimum absolute atomic E-state index is 0.162. The second kappa shape index (κ2) is 13.8. The average Bonchev–Trinajstić information content (AvgIpc) is 2.92. The smallest absolute Gasteiger partial charge is 0.234 e. The van der Waals surface area contributed by atoms with Gasteiger partial charge in [0.15, 0.2) is 0 Å². The highest BCUT2D eigenvalue weighted by Crippen LogP contribution is 2.35. The number of imide groups is 1. The third-order valence-corrected chi connectivity index (χ3v) is 8.11. The van der Waals surface area contributed by atoms with Gasteiger partial charge in [-0.25, -0.2) is 0 Å². The van der Waals surface area contributed by atoms with E-state index in [1.54, 1.807) is 0 Å². The van der Waals surface area contributed by atoms with Crippen LogP contribution in [0.2, 0.25) is 0 Å². The molecule has 3 aliphatic rings. The van der Waals surface area contributed by atoms with E-state index in [9.17, 15) is 9.59 Å². The second-order valence-corrected chi connectivity index (χ2v) is 10.6. The molecule has 0 aliphatic carbocycles. The van der Waals surface area contributed by atoms with Gasteiger partial charge in [0, 0.05) is 51.0 Å². The van der Waals surface area contributed by atoms with Gasteiger partial charge in [-0.3, -0.25) is 14.9 Å². The Hall–Kier alpha value is -2.62. The fourth-order valence-electron chi connectivity index (χ4n) is 5.97. The summed E-state index contributed by atoms with van der Waals surface area (Å²) in [6.45, 7) is 7.84. The first-order chi connectivity index (χ1) is 18.0. The summed E-state index contributed by atoms with van der Waals surface area (Å²) in [7, 11) is 0. The normalized spacial score (nSPS) is 22.8. The Kier molecular flexibility index (Phi) is 10.2. The summed E-state index contributed by atoms with van der Waals surface area (Å²) in [6, 6.07) is 8.37. The van der Waals surface area contributed by atoms with Crippen molar-refractivity contribution in [2.24, 2.45) is 23.3 Å². The van der Waals surface area contributed by atoms with E-state index in [-0.39, 0.29) is 17.7 Å². The van der Waals surface area contributed by atoms with E-state index >= 15 is 0 Å². The number of ether oxygens (including phenoxy) is 1. The van der Waals surface area contributed by atoms with Gasteiger partial charge in [0.2, 0.25) is 11.8 Å². The Labute approximate surface area is 220 Å². The third-order valence-electron chi connectivity index (χ3n) is 8.11. The molecule has 9 nitrogen and oxygen atoms in total. The van der Waals surface area contributed by atoms with Gasteiger partial charge in [0.05, 0.1) is 24.8 Å². The standard InChI is InChI=1S/C28H44N6O3/c29-10-17-37-20-24(30)19-31-11-16-33-12-6-21(7-13-33)22-8-14-34(15-9-22)25-3-1-2-23(18-25)26-4-5-27(35)32-28(26)36/h1-3,18-19,21-22,26,31H,4-17,20,29-30H2,(H,32,35,36)/b24-19-. The first-order valence-electron chi connectivity index (χ1n) is 13.9. The summed E-state index contributed by atoms with van der Waals surface area (Å²) in [5.41, 5.74) is 14.2. The lowest BCUT2D eigenvalue weighted by molar-refractivity contribution is -0.134. The number of likely N-dealkylation sites (tertiary alicyclic amines) is 1. The van der Waals surface area contributed by atoms with Crippen LogP contribution in [0.1, 0.15) is 50.0 Å². The first kappa shape index (κ1) is 27.4. The molecule has 37 heavy (non-hydrogen) atoms. The molecule has 6 N–H and O–H groups in total. The maximum atomic E-state index is 12.3. The number of amides is 2. The van der Waals surface area contributed by atoms with E-state index in [1.165, 1.54) is 44.5 Å². The molecule has 1 atom stereocenters. The third kappa shape index (κ3) is 7.93. The van der Waals surface area contributed by atoms with Crippen molar-refractivity contribution in [3.63, 3.8) is 0 Å². The Morgan fingerprint density at radius 2 is 1.81 bits per heavy atom. The summed E-state index contributed by atoms with van der Waals surface area (Å²) in [5.74, 6) is 1.06. The molecule has 3 aliphatic heterocycles. The number of nitrogens with zero attached hydrogens (tertiary/aromatic N) is 2. The van der Waals surface area contributed by atoms with Crippen LogP contribution in [-0.4, -0.2) is 75.7 Å². The predicted molar refractivity (Wildman–Crippen MR) is 146 cm³/mol. The molecule has 0 saturated carbocycles. The van der Waals surface area contributed by atoms with Gasteiger partial charge in [-0.2, -0.15) is 0 Å². The van der Waals surface area contributed by atoms with Crippen molar-refractivity contribution in [1.82, 2.24) is 15.5 Å². The van der Waals surface area contributed by atoms with Gasteiger partial charge < -0.3 is 31.3 Å². The number of carbonyl (C=O) groups is 2. The zero-order chi connectivity index (χ0) is 26.0. The number of anilines is 1. The molecule has 4 rings (SSSR count). The minimum Gasteiger partial charge on any atom is -0.399 e. The summed E-state index contributed by atoms with van der Waals surface area (Å²) in [4.78, 5) is 28.8. The molecule has 2 amide bonds. The lowest BCUT2D eigenvalue weighted by Gasteiger charge is -2.41. The van der Waals surface area contributed by atoms with Gasteiger partial charge in [0.25, 0.3) is 0 Å². The van der Waals surface area contributed by atoms with Crippen LogP contribution in [0.5, 0.6) is 0 Å². The molecular weight excluding hydrogens is 468 g/mol. The number of rotatable bonds is 11. The molecule has 0 spiro atoms. The summed E-state index contributed by atoms with van der Waals surface area (Å²) >= 11 is 0. The monoisotopic (exact) mass is 512 g/mol. The number of nitrogens with one attached hydrogen (secondary N) is 2. The van der Waals surface area contributed by atoms with Crippen LogP contribution in [0.15, 0.2) is 36.2 Å². The Morgan fingerprint density at radius 3 is 2.51 bits per heavy atom. The quantitative estimate of drug-likeness (QED) is 0.260. The number of nitrogens with two attached hydrogens (primary N) is 2. The molecular formula is C28H44N6O3. The SMILES string of the molecule is NCCOC/C(N)=C/NCCN1CCC(C2CCN(c3cccc(C4CCC(=O)NC4=O)c3)CC2)CC1. The van der Waals surface area contributed by atoms with Crippen molar-refractivity contribution < 1.29 is 14.3 Å². The summed E-state index contributed by atoms with van der Waals surface area (Å²) in [6.07, 6.45) is 7.87. The average molecular weight is 513 g/mol. The fourth-order valence-corrected chi connectivity index (χ4v) is 5.97. The number of hydrogen-bond donors (Lipinski definition) is 4. The molecule has 3 fully saturated rings. The first-order valence-corrected chi connectivity index (χ1v) is 13.9. The highest BCUT2D eigenvalue weighted by Gasteiger charge is 2.31. The molecule has 1 unspecified atom stereocenters. The van der Waals surface area contributed by atoms with Gasteiger partial charge in [-0.05, 0) is 74.7 Å². The Bertz CT molecular complexity index is 922. The van der Waals surface area contributed by atoms with Crippen molar-refractivity contribution >= 4 is 17.5 Å². The van der Waals surface area contributed by atoms with Crippen molar-refractivity contribution in [2.75, 3.05) is 63.9 Å². The Morgan fingerprint density at radius 1 is 1.08 bits per heavy atom. The van der Waals surface area contributed by atoms with E-state index in [0.29, 0.717) is 38.3 Å². The van der Waals surface area contributed by atoms with E-state index < -0.39 is 0 Å². The molecule has 1 aromatic carbocycles. The predicted octanol–water partition coefficient (Wildman–Crippen LogP) is 1.50. The largest absolute Gasteiger partial charge is 0.399 e. The molecule has 1 aromatic rings. The van der Waals surface area contributed by atoms with Crippen LogP contribution in [0, 0.1) is 11.8 Å². The molecule has 0 aromatic heterocycles. The molecule has 3 saturated heterocycles. The highest BCUT2D eigenvalue weighted by molar-refractivity contribution is 6.01. The zero-order valence-corrected chi connectivity index (χ0v) is 22.0. The van der Waals surface area contributed by atoms with Crippen LogP contribution < -0.4 is 27.0 Å².